The van der Waals surface area contributed by atoms with E-state index in [0.29, 0.717) is 19.5 Å². The minimum atomic E-state index is -0.959. The van der Waals surface area contributed by atoms with Crippen molar-refractivity contribution >= 4 is 23.5 Å². The molecule has 0 bridgehead atoms. The van der Waals surface area contributed by atoms with Gasteiger partial charge in [0.25, 0.3) is 0 Å². The first-order chi connectivity index (χ1) is 11.9. The van der Waals surface area contributed by atoms with E-state index >= 15 is 0 Å². The highest BCUT2D eigenvalue weighted by Crippen LogP contribution is 2.40. The van der Waals surface area contributed by atoms with E-state index in [-0.39, 0.29) is 24.7 Å². The van der Waals surface area contributed by atoms with Gasteiger partial charge in [-0.3, -0.25) is 14.4 Å². The van der Waals surface area contributed by atoms with Crippen molar-refractivity contribution in [3.63, 3.8) is 0 Å². The maximum absolute atomic E-state index is 12.7. The van der Waals surface area contributed by atoms with Crippen LogP contribution in [-0.2, 0) is 20.8 Å². The van der Waals surface area contributed by atoms with Gasteiger partial charge in [-0.2, -0.15) is 0 Å². The monoisotopic (exact) mass is 344 g/mol. The number of fused-ring (bicyclic) bond motifs is 1. The van der Waals surface area contributed by atoms with Crippen molar-refractivity contribution in [2.45, 2.75) is 51.0 Å². The molecule has 1 aromatic carbocycles. The summed E-state index contributed by atoms with van der Waals surface area (Å²) >= 11 is 0. The number of para-hydroxylation sites is 1. The average Bonchev–Trinajstić information content (AvgIpc) is 2.59. The van der Waals surface area contributed by atoms with Crippen molar-refractivity contribution in [2.75, 3.05) is 18.0 Å². The molecule has 2 aliphatic heterocycles. The van der Waals surface area contributed by atoms with Gasteiger partial charge in [-0.1, -0.05) is 18.2 Å². The molecule has 134 valence electrons. The molecular formula is C19H24N2O4. The molecule has 2 heterocycles. The van der Waals surface area contributed by atoms with Crippen molar-refractivity contribution < 1.29 is 19.5 Å². The lowest BCUT2D eigenvalue weighted by molar-refractivity contribution is -0.145. The zero-order chi connectivity index (χ0) is 18.0. The molecule has 6 nitrogen and oxygen atoms in total. The second-order valence-corrected chi connectivity index (χ2v) is 7.03. The lowest BCUT2D eigenvalue weighted by atomic mass is 9.77. The number of carboxylic acid groups (broad SMARTS) is 1. The highest BCUT2D eigenvalue weighted by molar-refractivity contribution is 5.93. The lowest BCUT2D eigenvalue weighted by Crippen LogP contribution is -2.63. The predicted octanol–water partition coefficient (Wildman–Crippen LogP) is 2.21. The summed E-state index contributed by atoms with van der Waals surface area (Å²) in [5.41, 5.74) is 1.57. The summed E-state index contributed by atoms with van der Waals surface area (Å²) in [4.78, 5) is 39.4. The van der Waals surface area contributed by atoms with Crippen LogP contribution in [0, 0.1) is 0 Å². The zero-order valence-corrected chi connectivity index (χ0v) is 14.5. The third-order valence-electron chi connectivity index (χ3n) is 5.33. The van der Waals surface area contributed by atoms with Crippen LogP contribution in [0.3, 0.4) is 0 Å². The largest absolute Gasteiger partial charge is 0.481 e. The van der Waals surface area contributed by atoms with Crippen molar-refractivity contribution in [3.8, 4) is 0 Å². The van der Waals surface area contributed by atoms with E-state index in [0.717, 1.165) is 30.5 Å². The number of amides is 2. The fourth-order valence-electron chi connectivity index (χ4n) is 4.18. The highest BCUT2D eigenvalue weighted by atomic mass is 16.4. The molecule has 0 aromatic heterocycles. The van der Waals surface area contributed by atoms with Gasteiger partial charge < -0.3 is 14.9 Å². The van der Waals surface area contributed by atoms with Crippen LogP contribution < -0.4 is 4.90 Å². The van der Waals surface area contributed by atoms with Gasteiger partial charge in [0, 0.05) is 32.1 Å². The van der Waals surface area contributed by atoms with Gasteiger partial charge in [0.05, 0.1) is 12.0 Å². The summed E-state index contributed by atoms with van der Waals surface area (Å²) in [5.74, 6) is -1.11. The fourth-order valence-corrected chi connectivity index (χ4v) is 4.18. The molecule has 1 aromatic rings. The summed E-state index contributed by atoms with van der Waals surface area (Å²) in [5, 5.41) is 8.88. The Morgan fingerprint density at radius 3 is 2.64 bits per heavy atom. The van der Waals surface area contributed by atoms with Gasteiger partial charge in [-0.15, -0.1) is 0 Å². The molecule has 1 N–H and O–H groups in total. The Morgan fingerprint density at radius 1 is 1.16 bits per heavy atom. The number of hydrogen-bond acceptors (Lipinski definition) is 3. The Hall–Kier alpha value is -2.37. The first-order valence-corrected chi connectivity index (χ1v) is 8.81. The molecule has 1 atom stereocenters. The van der Waals surface area contributed by atoms with E-state index in [9.17, 15) is 14.4 Å². The van der Waals surface area contributed by atoms with Gasteiger partial charge in [0.15, 0.2) is 0 Å². The van der Waals surface area contributed by atoms with Crippen molar-refractivity contribution in [1.82, 2.24) is 4.90 Å². The average molecular weight is 344 g/mol. The van der Waals surface area contributed by atoms with Gasteiger partial charge in [0.2, 0.25) is 11.8 Å². The number of carboxylic acids is 1. The highest BCUT2D eigenvalue weighted by Gasteiger charge is 2.46. The molecule has 25 heavy (non-hydrogen) atoms. The van der Waals surface area contributed by atoms with Crippen LogP contribution in [-0.4, -0.2) is 46.4 Å². The Morgan fingerprint density at radius 2 is 1.92 bits per heavy atom. The number of carbonyl (C=O) groups is 3. The second-order valence-electron chi connectivity index (χ2n) is 7.03. The van der Waals surface area contributed by atoms with Crippen LogP contribution in [0.2, 0.25) is 0 Å². The third-order valence-corrected chi connectivity index (χ3v) is 5.33. The van der Waals surface area contributed by atoms with Crippen LogP contribution in [0.25, 0.3) is 0 Å². The topological polar surface area (TPSA) is 77.9 Å². The fraction of sp³-hybridized carbons (Fsp3) is 0.526. The smallest absolute Gasteiger partial charge is 0.303 e. The quantitative estimate of drug-likeness (QED) is 0.912. The van der Waals surface area contributed by atoms with Gasteiger partial charge >= 0.3 is 5.97 Å². The standard InChI is InChI=1S/C19H24N2O4/c1-14(22)20-13-19(12-15-6-2-3-7-16(15)20)10-4-5-11-21(19)17(23)8-9-18(24)25/h2-3,6-7H,4-5,8-13H2,1H3,(H,24,25). The number of carbonyl (C=O) groups excluding carboxylic acids is 2. The number of nitrogens with zero attached hydrogens (tertiary/aromatic N) is 2. The summed E-state index contributed by atoms with van der Waals surface area (Å²) in [7, 11) is 0. The molecule has 2 amide bonds. The normalized spacial score (nSPS) is 22.6. The maximum Gasteiger partial charge on any atom is 0.303 e. The number of piperidine rings is 1. The molecule has 1 fully saturated rings. The van der Waals surface area contributed by atoms with Crippen LogP contribution in [0.1, 0.15) is 44.6 Å². The number of hydrogen-bond donors (Lipinski definition) is 1. The van der Waals surface area contributed by atoms with Gasteiger partial charge in [-0.05, 0) is 37.3 Å². The zero-order valence-electron chi connectivity index (χ0n) is 14.5. The van der Waals surface area contributed by atoms with E-state index < -0.39 is 11.5 Å². The maximum atomic E-state index is 12.7. The van der Waals surface area contributed by atoms with Crippen LogP contribution >= 0.6 is 0 Å². The molecule has 0 radical (unpaired) electrons. The Balaban J connectivity index is 1.93. The Labute approximate surface area is 147 Å². The third kappa shape index (κ3) is 3.38. The van der Waals surface area contributed by atoms with Gasteiger partial charge in [-0.25, -0.2) is 0 Å². The van der Waals surface area contributed by atoms with E-state index in [1.165, 1.54) is 0 Å². The van der Waals surface area contributed by atoms with Crippen LogP contribution in [0.15, 0.2) is 24.3 Å². The molecule has 1 spiro atoms. The number of anilines is 1. The van der Waals surface area contributed by atoms with E-state index in [1.807, 2.05) is 29.2 Å². The predicted molar refractivity (Wildman–Crippen MR) is 93.3 cm³/mol. The molecule has 3 rings (SSSR count). The van der Waals surface area contributed by atoms with Crippen molar-refractivity contribution in [2.24, 2.45) is 0 Å². The minimum absolute atomic E-state index is 0.0127. The molecule has 0 saturated carbocycles. The van der Waals surface area contributed by atoms with Crippen molar-refractivity contribution in [3.05, 3.63) is 29.8 Å². The molecule has 1 unspecified atom stereocenters. The SMILES string of the molecule is CC(=O)N1CC2(CCCCN2C(=O)CCC(=O)O)Cc2ccccc21. The van der Waals surface area contributed by atoms with E-state index in [1.54, 1.807) is 11.8 Å². The van der Waals surface area contributed by atoms with E-state index in [4.69, 9.17) is 5.11 Å². The van der Waals surface area contributed by atoms with Crippen LogP contribution in [0.5, 0.6) is 0 Å². The summed E-state index contributed by atoms with van der Waals surface area (Å²) < 4.78 is 0. The first kappa shape index (κ1) is 17.5. The molecule has 0 aliphatic carbocycles. The molecule has 1 saturated heterocycles. The van der Waals surface area contributed by atoms with Crippen molar-refractivity contribution in [1.29, 1.82) is 0 Å². The second kappa shape index (κ2) is 6.86. The van der Waals surface area contributed by atoms with E-state index in [2.05, 4.69) is 0 Å². The van der Waals surface area contributed by atoms with Gasteiger partial charge in [0.1, 0.15) is 0 Å². The lowest BCUT2D eigenvalue weighted by Gasteiger charge is -2.52. The summed E-state index contributed by atoms with van der Waals surface area (Å²) in [6.07, 6.45) is 3.34. The first-order valence-electron chi connectivity index (χ1n) is 8.81. The summed E-state index contributed by atoms with van der Waals surface area (Å²) in [6.45, 7) is 2.67. The molecule has 2 aliphatic rings. The number of likely N-dealkylation sites (tertiary alicyclic amines) is 1. The Bertz CT molecular complexity index is 702. The molecule has 6 heteroatoms. The Kier molecular flexibility index (Phi) is 4.79. The molecular weight excluding hydrogens is 320 g/mol. The van der Waals surface area contributed by atoms with Crippen LogP contribution in [0.4, 0.5) is 5.69 Å². The number of rotatable bonds is 3. The number of aliphatic carboxylic acids is 1. The summed E-state index contributed by atoms with van der Waals surface area (Å²) in [6, 6.07) is 7.84. The minimum Gasteiger partial charge on any atom is -0.481 e. The number of benzene rings is 1.